The fourth-order valence-corrected chi connectivity index (χ4v) is 3.34. The lowest BCUT2D eigenvalue weighted by Gasteiger charge is -2.09. The first kappa shape index (κ1) is 11.2. The third-order valence-electron chi connectivity index (χ3n) is 2.41. The molecule has 80 valence electrons. The van der Waals surface area contributed by atoms with Gasteiger partial charge >= 0.3 is 5.97 Å². The summed E-state index contributed by atoms with van der Waals surface area (Å²) in [6.07, 6.45) is 0.703. The number of carbonyl (C=O) groups is 1. The second-order valence-electron chi connectivity index (χ2n) is 3.51. The number of esters is 1. The van der Waals surface area contributed by atoms with Crippen molar-refractivity contribution in [3.05, 3.63) is 12.2 Å². The van der Waals surface area contributed by atoms with Crippen molar-refractivity contribution in [2.45, 2.75) is 12.8 Å². The van der Waals surface area contributed by atoms with Gasteiger partial charge in [0.15, 0.2) is 9.84 Å². The number of carbonyl (C=O) groups excluding carboxylic acids is 1. The van der Waals surface area contributed by atoms with E-state index < -0.39 is 9.84 Å². The van der Waals surface area contributed by atoms with Gasteiger partial charge in [-0.25, -0.2) is 8.42 Å². The van der Waals surface area contributed by atoms with E-state index in [1.54, 1.807) is 0 Å². The second kappa shape index (κ2) is 4.13. The molecule has 1 heterocycles. The van der Waals surface area contributed by atoms with Crippen LogP contribution >= 0.6 is 0 Å². The third kappa shape index (κ3) is 2.83. The summed E-state index contributed by atoms with van der Waals surface area (Å²) in [6.45, 7) is 3.72. The number of hydrogen-bond acceptors (Lipinski definition) is 4. The molecule has 1 unspecified atom stereocenters. The van der Waals surface area contributed by atoms with Crippen LogP contribution in [0.2, 0.25) is 0 Å². The Morgan fingerprint density at radius 2 is 2.21 bits per heavy atom. The van der Waals surface area contributed by atoms with Crippen LogP contribution in [0.5, 0.6) is 0 Å². The molecule has 1 atom stereocenters. The first-order chi connectivity index (χ1) is 6.44. The van der Waals surface area contributed by atoms with Gasteiger partial charge in [0.1, 0.15) is 0 Å². The lowest BCUT2D eigenvalue weighted by molar-refractivity contribution is -0.139. The zero-order valence-corrected chi connectivity index (χ0v) is 8.97. The van der Waals surface area contributed by atoms with E-state index in [2.05, 4.69) is 11.3 Å². The van der Waals surface area contributed by atoms with Crippen LogP contribution in [0.1, 0.15) is 12.8 Å². The highest BCUT2D eigenvalue weighted by atomic mass is 32.2. The highest BCUT2D eigenvalue weighted by Gasteiger charge is 2.30. The topological polar surface area (TPSA) is 60.4 Å². The summed E-state index contributed by atoms with van der Waals surface area (Å²) in [5, 5.41) is 0. The maximum Gasteiger partial charge on any atom is 0.309 e. The maximum atomic E-state index is 11.1. The highest BCUT2D eigenvalue weighted by molar-refractivity contribution is 7.91. The number of methoxy groups -OCH3 is 1. The van der Waals surface area contributed by atoms with Gasteiger partial charge < -0.3 is 4.74 Å². The molecule has 0 N–H and O–H groups in total. The van der Waals surface area contributed by atoms with Gasteiger partial charge in [-0.05, 0) is 12.3 Å². The Balaban J connectivity index is 2.52. The van der Waals surface area contributed by atoms with E-state index in [-0.39, 0.29) is 29.8 Å². The van der Waals surface area contributed by atoms with E-state index in [1.165, 1.54) is 7.11 Å². The highest BCUT2D eigenvalue weighted by Crippen LogP contribution is 2.26. The molecule has 1 aliphatic rings. The molecule has 14 heavy (non-hydrogen) atoms. The molecular weight excluding hydrogens is 204 g/mol. The van der Waals surface area contributed by atoms with E-state index in [0.29, 0.717) is 12.0 Å². The largest absolute Gasteiger partial charge is 0.469 e. The lowest BCUT2D eigenvalue weighted by atomic mass is 9.97. The van der Waals surface area contributed by atoms with Gasteiger partial charge in [0.2, 0.25) is 0 Å². The molecule has 0 spiro atoms. The van der Waals surface area contributed by atoms with Gasteiger partial charge in [-0.3, -0.25) is 4.79 Å². The summed E-state index contributed by atoms with van der Waals surface area (Å²) in [4.78, 5) is 10.9. The number of hydrogen-bond donors (Lipinski definition) is 0. The number of ether oxygens (including phenoxy) is 1. The zero-order valence-electron chi connectivity index (χ0n) is 8.15. The minimum atomic E-state index is -2.90. The molecule has 4 nitrogen and oxygen atoms in total. The summed E-state index contributed by atoms with van der Waals surface area (Å²) >= 11 is 0. The molecule has 0 aromatic rings. The molecular formula is C9H14O4S. The first-order valence-corrected chi connectivity index (χ1v) is 6.21. The smallest absolute Gasteiger partial charge is 0.309 e. The van der Waals surface area contributed by atoms with E-state index >= 15 is 0 Å². The molecule has 0 bridgehead atoms. The average Bonchev–Trinajstić information content (AvgIpc) is 2.46. The molecule has 0 saturated carbocycles. The van der Waals surface area contributed by atoms with Crippen LogP contribution in [-0.4, -0.2) is 33.0 Å². The molecule has 0 amide bonds. The summed E-state index contributed by atoms with van der Waals surface area (Å²) in [7, 11) is -1.59. The van der Waals surface area contributed by atoms with E-state index in [1.807, 2.05) is 0 Å². The summed E-state index contributed by atoms with van der Waals surface area (Å²) in [6, 6.07) is 0. The van der Waals surface area contributed by atoms with Crippen molar-refractivity contribution in [2.75, 3.05) is 18.6 Å². The van der Waals surface area contributed by atoms with Crippen molar-refractivity contribution in [1.82, 2.24) is 0 Å². The fourth-order valence-electron chi connectivity index (χ4n) is 1.52. The number of sulfone groups is 1. The molecule has 1 aliphatic heterocycles. The number of rotatable bonds is 3. The Morgan fingerprint density at radius 3 is 2.64 bits per heavy atom. The summed E-state index contributed by atoms with van der Waals surface area (Å²) < 4.78 is 26.8. The van der Waals surface area contributed by atoms with Crippen LogP contribution in [0.15, 0.2) is 12.2 Å². The average molecular weight is 218 g/mol. The van der Waals surface area contributed by atoms with Crippen LogP contribution in [0.4, 0.5) is 0 Å². The van der Waals surface area contributed by atoms with Gasteiger partial charge in [0, 0.05) is 0 Å². The van der Waals surface area contributed by atoms with Crippen molar-refractivity contribution < 1.29 is 17.9 Å². The third-order valence-corrected chi connectivity index (χ3v) is 4.18. The van der Waals surface area contributed by atoms with Gasteiger partial charge in [-0.2, -0.15) is 0 Å². The Labute approximate surface area is 83.9 Å². The quantitative estimate of drug-likeness (QED) is 0.512. The molecule has 1 fully saturated rings. The second-order valence-corrected chi connectivity index (χ2v) is 5.74. The Bertz CT molecular complexity index is 342. The molecule has 5 heteroatoms. The maximum absolute atomic E-state index is 11.1. The predicted octanol–water partition coefficient (Wildman–Crippen LogP) is 0.540. The lowest BCUT2D eigenvalue weighted by Crippen LogP contribution is -2.11. The normalized spacial score (nSPS) is 24.5. The summed E-state index contributed by atoms with van der Waals surface area (Å²) in [5.41, 5.74) is 0.665. The van der Waals surface area contributed by atoms with E-state index in [0.717, 1.165) is 0 Å². The van der Waals surface area contributed by atoms with Gasteiger partial charge in [0.05, 0.1) is 25.0 Å². The summed E-state index contributed by atoms with van der Waals surface area (Å²) in [5.74, 6) is -0.0980. The van der Waals surface area contributed by atoms with Gasteiger partial charge in [0.25, 0.3) is 0 Å². The van der Waals surface area contributed by atoms with Crippen molar-refractivity contribution in [3.8, 4) is 0 Å². The zero-order chi connectivity index (χ0) is 10.8. The van der Waals surface area contributed by atoms with Crippen LogP contribution in [-0.2, 0) is 19.4 Å². The van der Waals surface area contributed by atoms with Crippen molar-refractivity contribution >= 4 is 15.8 Å². The Hall–Kier alpha value is -0.840. The molecule has 0 aliphatic carbocycles. The Morgan fingerprint density at radius 1 is 1.57 bits per heavy atom. The molecule has 0 aromatic carbocycles. The van der Waals surface area contributed by atoms with Crippen LogP contribution in [0.3, 0.4) is 0 Å². The SMILES string of the molecule is C=C(CC(=O)OC)C1CCS(=O)(=O)C1. The van der Waals surface area contributed by atoms with Crippen LogP contribution in [0, 0.1) is 5.92 Å². The van der Waals surface area contributed by atoms with Gasteiger partial charge in [-0.15, -0.1) is 0 Å². The first-order valence-electron chi connectivity index (χ1n) is 4.39. The van der Waals surface area contributed by atoms with Crippen LogP contribution < -0.4 is 0 Å². The van der Waals surface area contributed by atoms with Crippen molar-refractivity contribution in [1.29, 1.82) is 0 Å². The molecule has 0 aromatic heterocycles. The van der Waals surface area contributed by atoms with Crippen molar-refractivity contribution in [3.63, 3.8) is 0 Å². The molecule has 1 rings (SSSR count). The van der Waals surface area contributed by atoms with Gasteiger partial charge in [-0.1, -0.05) is 12.2 Å². The monoisotopic (exact) mass is 218 g/mol. The minimum Gasteiger partial charge on any atom is -0.469 e. The molecule has 0 radical (unpaired) electrons. The van der Waals surface area contributed by atoms with E-state index in [9.17, 15) is 13.2 Å². The van der Waals surface area contributed by atoms with Crippen molar-refractivity contribution in [2.24, 2.45) is 5.92 Å². The minimum absolute atomic E-state index is 0.0703. The fraction of sp³-hybridized carbons (Fsp3) is 0.667. The van der Waals surface area contributed by atoms with Crippen LogP contribution in [0.25, 0.3) is 0 Å². The predicted molar refractivity (Wildman–Crippen MR) is 52.5 cm³/mol. The molecule has 1 saturated heterocycles. The van der Waals surface area contributed by atoms with E-state index in [4.69, 9.17) is 0 Å². The Kier molecular flexibility index (Phi) is 3.31. The standard InChI is InChI=1S/C9H14O4S/c1-7(5-9(10)13-2)8-3-4-14(11,12)6-8/h8H,1,3-6H2,2H3.